The highest BCUT2D eigenvalue weighted by molar-refractivity contribution is 7.89. The SMILES string of the molecule is COc1ccccc1C(=O)Nc1nnc(NCCc2ccc(S(N)(=O)=O)cc2)s1. The van der Waals surface area contributed by atoms with E-state index in [-0.39, 0.29) is 10.8 Å². The van der Waals surface area contributed by atoms with Gasteiger partial charge in [-0.05, 0) is 36.2 Å². The van der Waals surface area contributed by atoms with Crippen LogP contribution in [0.1, 0.15) is 15.9 Å². The van der Waals surface area contributed by atoms with E-state index < -0.39 is 10.0 Å². The number of carbonyl (C=O) groups is 1. The molecule has 11 heteroatoms. The first-order valence-corrected chi connectivity index (χ1v) is 10.9. The van der Waals surface area contributed by atoms with Crippen molar-refractivity contribution in [1.29, 1.82) is 0 Å². The number of para-hydroxylation sites is 1. The number of hydrogen-bond acceptors (Lipinski definition) is 8. The Morgan fingerprint density at radius 3 is 2.48 bits per heavy atom. The second kappa shape index (κ2) is 8.99. The Bertz CT molecular complexity index is 1100. The second-order valence-electron chi connectivity index (χ2n) is 5.93. The van der Waals surface area contributed by atoms with Crippen LogP contribution in [0.3, 0.4) is 0 Å². The summed E-state index contributed by atoms with van der Waals surface area (Å²) in [5.74, 6) is 0.140. The molecular formula is C18H19N5O4S2. The molecule has 1 heterocycles. The van der Waals surface area contributed by atoms with Gasteiger partial charge in [0.15, 0.2) is 0 Å². The summed E-state index contributed by atoms with van der Waals surface area (Å²) in [6, 6.07) is 13.3. The van der Waals surface area contributed by atoms with Gasteiger partial charge in [-0.1, -0.05) is 35.6 Å². The minimum atomic E-state index is -3.69. The van der Waals surface area contributed by atoms with Gasteiger partial charge in [-0.25, -0.2) is 13.6 Å². The maximum atomic E-state index is 12.4. The highest BCUT2D eigenvalue weighted by Crippen LogP contribution is 2.23. The molecule has 0 bridgehead atoms. The molecule has 3 rings (SSSR count). The predicted molar refractivity (Wildman–Crippen MR) is 111 cm³/mol. The van der Waals surface area contributed by atoms with Gasteiger partial charge in [0, 0.05) is 6.54 Å². The van der Waals surface area contributed by atoms with Crippen LogP contribution < -0.4 is 20.5 Å². The molecule has 0 saturated heterocycles. The molecule has 29 heavy (non-hydrogen) atoms. The lowest BCUT2D eigenvalue weighted by molar-refractivity contribution is 0.102. The van der Waals surface area contributed by atoms with Crippen molar-refractivity contribution in [2.45, 2.75) is 11.3 Å². The highest BCUT2D eigenvalue weighted by Gasteiger charge is 2.14. The molecule has 0 aliphatic heterocycles. The van der Waals surface area contributed by atoms with Crippen LogP contribution in [0.15, 0.2) is 53.4 Å². The van der Waals surface area contributed by atoms with Crippen molar-refractivity contribution < 1.29 is 17.9 Å². The van der Waals surface area contributed by atoms with Crippen molar-refractivity contribution >= 4 is 37.5 Å². The lowest BCUT2D eigenvalue weighted by Crippen LogP contribution is -2.12. The summed E-state index contributed by atoms with van der Waals surface area (Å²) < 4.78 is 27.7. The minimum Gasteiger partial charge on any atom is -0.496 e. The van der Waals surface area contributed by atoms with Crippen LogP contribution in [0.25, 0.3) is 0 Å². The molecule has 0 spiro atoms. The minimum absolute atomic E-state index is 0.0776. The summed E-state index contributed by atoms with van der Waals surface area (Å²) in [6.07, 6.45) is 0.646. The summed E-state index contributed by atoms with van der Waals surface area (Å²) in [5.41, 5.74) is 1.35. The number of primary sulfonamides is 1. The second-order valence-corrected chi connectivity index (χ2v) is 8.47. The summed E-state index contributed by atoms with van der Waals surface area (Å²) in [5, 5.41) is 19.8. The summed E-state index contributed by atoms with van der Waals surface area (Å²) in [6.45, 7) is 0.559. The summed E-state index contributed by atoms with van der Waals surface area (Å²) in [4.78, 5) is 12.5. The fraction of sp³-hybridized carbons (Fsp3) is 0.167. The molecular weight excluding hydrogens is 414 g/mol. The van der Waals surface area contributed by atoms with E-state index in [2.05, 4.69) is 20.8 Å². The lowest BCUT2D eigenvalue weighted by atomic mass is 10.1. The number of anilines is 2. The van der Waals surface area contributed by atoms with Crippen LogP contribution in [0, 0.1) is 0 Å². The van der Waals surface area contributed by atoms with Gasteiger partial charge in [-0.3, -0.25) is 10.1 Å². The summed E-state index contributed by atoms with van der Waals surface area (Å²) in [7, 11) is -2.19. The molecule has 0 fully saturated rings. The van der Waals surface area contributed by atoms with Gasteiger partial charge in [0.1, 0.15) is 5.75 Å². The first kappa shape index (κ1) is 20.7. The van der Waals surface area contributed by atoms with Crippen molar-refractivity contribution in [3.8, 4) is 5.75 Å². The molecule has 0 aliphatic carbocycles. The van der Waals surface area contributed by atoms with E-state index in [9.17, 15) is 13.2 Å². The average molecular weight is 434 g/mol. The van der Waals surface area contributed by atoms with Crippen LogP contribution in [0.5, 0.6) is 5.75 Å². The molecule has 1 aromatic heterocycles. The smallest absolute Gasteiger partial charge is 0.261 e. The maximum absolute atomic E-state index is 12.4. The topological polar surface area (TPSA) is 136 Å². The van der Waals surface area contributed by atoms with E-state index in [0.717, 1.165) is 5.56 Å². The van der Waals surface area contributed by atoms with E-state index >= 15 is 0 Å². The molecule has 2 aromatic carbocycles. The quantitative estimate of drug-likeness (QED) is 0.495. The average Bonchev–Trinajstić information content (AvgIpc) is 3.14. The molecule has 0 atom stereocenters. The van der Waals surface area contributed by atoms with Gasteiger partial charge < -0.3 is 10.1 Å². The summed E-state index contributed by atoms with van der Waals surface area (Å²) >= 11 is 1.21. The number of carbonyl (C=O) groups excluding carboxylic acids is 1. The third kappa shape index (κ3) is 5.50. The number of aromatic nitrogens is 2. The van der Waals surface area contributed by atoms with Crippen molar-refractivity contribution in [2.24, 2.45) is 5.14 Å². The van der Waals surface area contributed by atoms with Crippen LogP contribution >= 0.6 is 11.3 Å². The predicted octanol–water partition coefficient (Wildman–Crippen LogP) is 2.10. The molecule has 152 valence electrons. The van der Waals surface area contributed by atoms with Crippen LogP contribution in [0.4, 0.5) is 10.3 Å². The molecule has 9 nitrogen and oxygen atoms in total. The van der Waals surface area contributed by atoms with Crippen molar-refractivity contribution in [1.82, 2.24) is 10.2 Å². The monoisotopic (exact) mass is 433 g/mol. The van der Waals surface area contributed by atoms with Gasteiger partial charge >= 0.3 is 0 Å². The number of nitrogens with two attached hydrogens (primary N) is 1. The van der Waals surface area contributed by atoms with E-state index in [1.54, 1.807) is 36.4 Å². The number of rotatable bonds is 8. The standard InChI is InChI=1S/C18H19N5O4S2/c1-27-15-5-3-2-4-14(15)16(24)21-18-23-22-17(28-18)20-11-10-12-6-8-13(9-7-12)29(19,25)26/h2-9H,10-11H2,1H3,(H,20,22)(H2,19,25,26)(H,21,23,24). The maximum Gasteiger partial charge on any atom is 0.261 e. The number of sulfonamides is 1. The Balaban J connectivity index is 1.53. The number of ether oxygens (including phenoxy) is 1. The fourth-order valence-electron chi connectivity index (χ4n) is 2.50. The van der Waals surface area contributed by atoms with Gasteiger partial charge in [0.25, 0.3) is 5.91 Å². The normalized spacial score (nSPS) is 11.1. The van der Waals surface area contributed by atoms with Crippen LogP contribution in [-0.2, 0) is 16.4 Å². The number of nitrogens with zero attached hydrogens (tertiary/aromatic N) is 2. The van der Waals surface area contributed by atoms with Gasteiger partial charge in [-0.15, -0.1) is 10.2 Å². The third-order valence-corrected chi connectivity index (χ3v) is 5.66. The van der Waals surface area contributed by atoms with Crippen molar-refractivity contribution in [3.63, 3.8) is 0 Å². The molecule has 1 amide bonds. The fourth-order valence-corrected chi connectivity index (χ4v) is 3.68. The molecule has 0 aliphatic rings. The Labute approximate surface area is 172 Å². The third-order valence-electron chi connectivity index (χ3n) is 3.94. The number of nitrogens with one attached hydrogen (secondary N) is 2. The van der Waals surface area contributed by atoms with E-state index in [1.807, 2.05) is 0 Å². The molecule has 4 N–H and O–H groups in total. The number of hydrogen-bond donors (Lipinski definition) is 3. The molecule has 0 saturated carbocycles. The zero-order valence-electron chi connectivity index (χ0n) is 15.5. The molecule has 3 aromatic rings. The van der Waals surface area contributed by atoms with Gasteiger partial charge in [0.05, 0.1) is 17.6 Å². The van der Waals surface area contributed by atoms with Crippen molar-refractivity contribution in [3.05, 3.63) is 59.7 Å². The van der Waals surface area contributed by atoms with E-state index in [1.165, 1.54) is 30.6 Å². The highest BCUT2D eigenvalue weighted by atomic mass is 32.2. The Morgan fingerprint density at radius 1 is 1.10 bits per heavy atom. The zero-order chi connectivity index (χ0) is 20.9. The lowest BCUT2D eigenvalue weighted by Gasteiger charge is -2.06. The first-order valence-electron chi connectivity index (χ1n) is 8.50. The van der Waals surface area contributed by atoms with Gasteiger partial charge in [-0.2, -0.15) is 0 Å². The molecule has 0 radical (unpaired) electrons. The zero-order valence-corrected chi connectivity index (χ0v) is 17.1. The molecule has 0 unspecified atom stereocenters. The largest absolute Gasteiger partial charge is 0.496 e. The Kier molecular flexibility index (Phi) is 6.42. The Morgan fingerprint density at radius 2 is 1.79 bits per heavy atom. The van der Waals surface area contributed by atoms with Crippen molar-refractivity contribution in [2.75, 3.05) is 24.3 Å². The first-order chi connectivity index (χ1) is 13.9. The van der Waals surface area contributed by atoms with E-state index in [0.29, 0.717) is 34.5 Å². The number of methoxy groups -OCH3 is 1. The van der Waals surface area contributed by atoms with Crippen LogP contribution in [-0.4, -0.2) is 38.2 Å². The number of benzene rings is 2. The number of amides is 1. The Hall–Kier alpha value is -3.02. The van der Waals surface area contributed by atoms with Crippen LogP contribution in [0.2, 0.25) is 0 Å². The van der Waals surface area contributed by atoms with Gasteiger partial charge in [0.2, 0.25) is 20.3 Å². The van der Waals surface area contributed by atoms with E-state index in [4.69, 9.17) is 9.88 Å².